The highest BCUT2D eigenvalue weighted by molar-refractivity contribution is 9.10. The summed E-state index contributed by atoms with van der Waals surface area (Å²) in [6.45, 7) is 7.20. The third-order valence-electron chi connectivity index (χ3n) is 2.13. The van der Waals surface area contributed by atoms with Crippen molar-refractivity contribution >= 4 is 15.9 Å². The van der Waals surface area contributed by atoms with Crippen molar-refractivity contribution in [1.82, 2.24) is 10.6 Å². The van der Waals surface area contributed by atoms with Crippen molar-refractivity contribution in [3.05, 3.63) is 22.6 Å². The van der Waals surface area contributed by atoms with Gasteiger partial charge in [0.05, 0.1) is 6.54 Å². The van der Waals surface area contributed by atoms with Crippen LogP contribution in [0.2, 0.25) is 0 Å². The SMILES string of the molecule is CCCNCC(C)NCc1ccc(Br)o1. The molecule has 0 aromatic carbocycles. The van der Waals surface area contributed by atoms with E-state index in [1.807, 2.05) is 12.1 Å². The summed E-state index contributed by atoms with van der Waals surface area (Å²) in [5, 5.41) is 6.77. The highest BCUT2D eigenvalue weighted by Crippen LogP contribution is 2.13. The third-order valence-corrected chi connectivity index (χ3v) is 2.56. The Balaban J connectivity index is 2.13. The molecule has 1 rings (SSSR count). The highest BCUT2D eigenvalue weighted by Gasteiger charge is 2.03. The van der Waals surface area contributed by atoms with E-state index in [2.05, 4.69) is 40.4 Å². The summed E-state index contributed by atoms with van der Waals surface area (Å²) in [5.74, 6) is 0.962. The van der Waals surface area contributed by atoms with Crippen LogP contribution in [-0.4, -0.2) is 19.1 Å². The number of rotatable bonds is 7. The van der Waals surface area contributed by atoms with E-state index in [1.165, 1.54) is 6.42 Å². The van der Waals surface area contributed by atoms with Crippen LogP contribution in [0.1, 0.15) is 26.0 Å². The zero-order valence-electron chi connectivity index (χ0n) is 9.35. The van der Waals surface area contributed by atoms with Crippen molar-refractivity contribution in [3.63, 3.8) is 0 Å². The molecule has 0 aliphatic carbocycles. The summed E-state index contributed by atoms with van der Waals surface area (Å²) in [6.07, 6.45) is 1.18. The van der Waals surface area contributed by atoms with Crippen LogP contribution in [0.15, 0.2) is 21.2 Å². The van der Waals surface area contributed by atoms with Crippen LogP contribution < -0.4 is 10.6 Å². The van der Waals surface area contributed by atoms with Gasteiger partial charge in [0.25, 0.3) is 0 Å². The van der Waals surface area contributed by atoms with Crippen LogP contribution in [0, 0.1) is 0 Å². The molecule has 1 heterocycles. The predicted molar refractivity (Wildman–Crippen MR) is 65.9 cm³/mol. The molecule has 1 unspecified atom stereocenters. The normalized spacial score (nSPS) is 13.0. The lowest BCUT2D eigenvalue weighted by Gasteiger charge is -2.13. The van der Waals surface area contributed by atoms with Gasteiger partial charge in [-0.1, -0.05) is 6.92 Å². The lowest BCUT2D eigenvalue weighted by molar-refractivity contribution is 0.432. The zero-order chi connectivity index (χ0) is 11.1. The van der Waals surface area contributed by atoms with Crippen molar-refractivity contribution < 1.29 is 4.42 Å². The topological polar surface area (TPSA) is 37.2 Å². The number of nitrogens with one attached hydrogen (secondary N) is 2. The molecule has 1 atom stereocenters. The molecular weight excluding hydrogens is 256 g/mol. The fourth-order valence-electron chi connectivity index (χ4n) is 1.29. The summed E-state index contributed by atoms with van der Waals surface area (Å²) < 4.78 is 6.18. The Hall–Kier alpha value is -0.320. The van der Waals surface area contributed by atoms with Gasteiger partial charge in [0.15, 0.2) is 4.67 Å². The summed E-state index contributed by atoms with van der Waals surface area (Å²) in [6, 6.07) is 4.35. The van der Waals surface area contributed by atoms with E-state index in [9.17, 15) is 0 Å². The Morgan fingerprint density at radius 2 is 2.27 bits per heavy atom. The number of halogens is 1. The fraction of sp³-hybridized carbons (Fsp3) is 0.636. The number of hydrogen-bond acceptors (Lipinski definition) is 3. The minimum absolute atomic E-state index is 0.459. The van der Waals surface area contributed by atoms with Crippen molar-refractivity contribution in [2.45, 2.75) is 32.9 Å². The van der Waals surface area contributed by atoms with Crippen LogP contribution in [0.25, 0.3) is 0 Å². The minimum atomic E-state index is 0.459. The van der Waals surface area contributed by atoms with Gasteiger partial charge >= 0.3 is 0 Å². The van der Waals surface area contributed by atoms with Gasteiger partial charge < -0.3 is 15.1 Å². The van der Waals surface area contributed by atoms with Crippen molar-refractivity contribution in [2.75, 3.05) is 13.1 Å². The summed E-state index contributed by atoms with van der Waals surface area (Å²) in [5.41, 5.74) is 0. The molecule has 0 aliphatic rings. The van der Waals surface area contributed by atoms with Crippen molar-refractivity contribution in [3.8, 4) is 0 Å². The molecule has 0 spiro atoms. The van der Waals surface area contributed by atoms with E-state index in [1.54, 1.807) is 0 Å². The Morgan fingerprint density at radius 1 is 1.47 bits per heavy atom. The predicted octanol–water partition coefficient (Wildman–Crippen LogP) is 2.52. The second-order valence-electron chi connectivity index (χ2n) is 3.69. The molecule has 3 nitrogen and oxygen atoms in total. The Bertz CT molecular complexity index is 275. The molecule has 1 aromatic rings. The lowest BCUT2D eigenvalue weighted by atomic mass is 10.3. The van der Waals surface area contributed by atoms with Gasteiger partial charge in [-0.3, -0.25) is 0 Å². The maximum absolute atomic E-state index is 5.39. The molecule has 1 aromatic heterocycles. The van der Waals surface area contributed by atoms with E-state index < -0.39 is 0 Å². The van der Waals surface area contributed by atoms with E-state index in [-0.39, 0.29) is 0 Å². The average Bonchev–Trinajstić information content (AvgIpc) is 2.62. The van der Waals surface area contributed by atoms with Gasteiger partial charge in [0.1, 0.15) is 5.76 Å². The van der Waals surface area contributed by atoms with Crippen molar-refractivity contribution in [1.29, 1.82) is 0 Å². The molecule has 0 radical (unpaired) electrons. The maximum atomic E-state index is 5.39. The Kier molecular flexibility index (Phi) is 5.98. The van der Waals surface area contributed by atoms with Gasteiger partial charge in [-0.2, -0.15) is 0 Å². The van der Waals surface area contributed by atoms with Gasteiger partial charge in [-0.15, -0.1) is 0 Å². The maximum Gasteiger partial charge on any atom is 0.169 e. The largest absolute Gasteiger partial charge is 0.453 e. The van der Waals surface area contributed by atoms with Crippen LogP contribution in [0.5, 0.6) is 0 Å². The van der Waals surface area contributed by atoms with Gasteiger partial charge in [0, 0.05) is 12.6 Å². The quantitative estimate of drug-likeness (QED) is 0.751. The van der Waals surface area contributed by atoms with E-state index in [0.717, 1.165) is 30.1 Å². The molecule has 0 saturated carbocycles. The molecule has 0 bridgehead atoms. The van der Waals surface area contributed by atoms with Crippen LogP contribution in [-0.2, 0) is 6.54 Å². The van der Waals surface area contributed by atoms with Crippen molar-refractivity contribution in [2.24, 2.45) is 0 Å². The number of furan rings is 1. The molecule has 15 heavy (non-hydrogen) atoms. The summed E-state index contributed by atoms with van der Waals surface area (Å²) >= 11 is 3.28. The molecule has 0 fully saturated rings. The first kappa shape index (κ1) is 12.7. The second-order valence-corrected chi connectivity index (χ2v) is 4.47. The smallest absolute Gasteiger partial charge is 0.169 e. The van der Waals surface area contributed by atoms with Crippen LogP contribution in [0.3, 0.4) is 0 Å². The summed E-state index contributed by atoms with van der Waals surface area (Å²) in [7, 11) is 0. The zero-order valence-corrected chi connectivity index (χ0v) is 10.9. The molecule has 2 N–H and O–H groups in total. The van der Waals surface area contributed by atoms with Gasteiger partial charge in [-0.25, -0.2) is 0 Å². The minimum Gasteiger partial charge on any atom is -0.453 e. The monoisotopic (exact) mass is 274 g/mol. The highest BCUT2D eigenvalue weighted by atomic mass is 79.9. The van der Waals surface area contributed by atoms with Crippen LogP contribution >= 0.6 is 15.9 Å². The molecule has 0 amide bonds. The second kappa shape index (κ2) is 7.04. The fourth-order valence-corrected chi connectivity index (χ4v) is 1.63. The van der Waals surface area contributed by atoms with E-state index in [4.69, 9.17) is 4.42 Å². The Morgan fingerprint density at radius 3 is 2.87 bits per heavy atom. The summed E-state index contributed by atoms with van der Waals surface area (Å²) in [4.78, 5) is 0. The molecule has 4 heteroatoms. The average molecular weight is 275 g/mol. The number of hydrogen-bond donors (Lipinski definition) is 2. The standard InChI is InChI=1S/C11H19BrN2O/c1-3-6-13-7-9(2)14-8-10-4-5-11(12)15-10/h4-5,9,13-14H,3,6-8H2,1-2H3. The van der Waals surface area contributed by atoms with Gasteiger partial charge in [0.2, 0.25) is 0 Å². The molecular formula is C11H19BrN2O. The third kappa shape index (κ3) is 5.35. The van der Waals surface area contributed by atoms with E-state index in [0.29, 0.717) is 6.04 Å². The van der Waals surface area contributed by atoms with E-state index >= 15 is 0 Å². The first-order valence-corrected chi connectivity index (χ1v) is 6.20. The lowest BCUT2D eigenvalue weighted by Crippen LogP contribution is -2.36. The first-order valence-electron chi connectivity index (χ1n) is 5.40. The Labute approximate surface area is 99.7 Å². The first-order chi connectivity index (χ1) is 7.22. The molecule has 0 saturated heterocycles. The van der Waals surface area contributed by atoms with Crippen LogP contribution in [0.4, 0.5) is 0 Å². The molecule has 86 valence electrons. The molecule has 0 aliphatic heterocycles. The van der Waals surface area contributed by atoms with Gasteiger partial charge in [-0.05, 0) is 48.0 Å².